The number of ketones is 1. The van der Waals surface area contributed by atoms with E-state index in [9.17, 15) is 9.59 Å². The van der Waals surface area contributed by atoms with Crippen molar-refractivity contribution in [1.82, 2.24) is 5.32 Å². The van der Waals surface area contributed by atoms with E-state index < -0.39 is 11.7 Å². The second kappa shape index (κ2) is 6.39. The maximum atomic E-state index is 11.9. The van der Waals surface area contributed by atoms with Gasteiger partial charge < -0.3 is 10.1 Å². The fourth-order valence-electron chi connectivity index (χ4n) is 1.41. The molecule has 1 aromatic heterocycles. The first-order chi connectivity index (χ1) is 8.67. The Kier molecular flexibility index (Phi) is 5.38. The molecule has 19 heavy (non-hydrogen) atoms. The normalized spacial score (nSPS) is 12.9. The number of carbonyl (C=O) groups excluding carboxylic acids is 2. The number of hydrogen-bond acceptors (Lipinski definition) is 4. The van der Waals surface area contributed by atoms with Crippen molar-refractivity contribution in [2.75, 3.05) is 0 Å². The molecule has 0 aliphatic carbocycles. The smallest absolute Gasteiger partial charge is 0.407 e. The summed E-state index contributed by atoms with van der Waals surface area (Å²) in [5.41, 5.74) is 0.0298. The number of amides is 1. The van der Waals surface area contributed by atoms with Crippen molar-refractivity contribution in [3.8, 4) is 0 Å². The summed E-state index contributed by atoms with van der Waals surface area (Å²) in [6.07, 6.45) is -0.303. The molecule has 0 fully saturated rings. The molecule has 1 heterocycles. The third kappa shape index (κ3) is 6.07. The number of thiophene rings is 1. The van der Waals surface area contributed by atoms with E-state index in [0.717, 1.165) is 0 Å². The highest BCUT2D eigenvalue weighted by Gasteiger charge is 2.19. The second-order valence-electron chi connectivity index (χ2n) is 5.31. The van der Waals surface area contributed by atoms with Gasteiger partial charge in [0, 0.05) is 23.4 Å². The Hall–Kier alpha value is -1.07. The number of nitrogens with one attached hydrogen (secondary N) is 1. The third-order valence-corrected chi connectivity index (χ3v) is 3.24. The van der Waals surface area contributed by atoms with Gasteiger partial charge in [0.25, 0.3) is 0 Å². The summed E-state index contributed by atoms with van der Waals surface area (Å²) in [6, 6.07) is 1.34. The van der Waals surface area contributed by atoms with Crippen LogP contribution in [0.15, 0.2) is 11.4 Å². The summed E-state index contributed by atoms with van der Waals surface area (Å²) < 4.78 is 5.70. The Morgan fingerprint density at radius 1 is 1.47 bits per heavy atom. The number of carbonyl (C=O) groups is 2. The van der Waals surface area contributed by atoms with Gasteiger partial charge >= 0.3 is 6.09 Å². The minimum absolute atomic E-state index is 0.0493. The first-order valence-corrected chi connectivity index (χ1v) is 7.20. The minimum Gasteiger partial charge on any atom is -0.444 e. The minimum atomic E-state index is -0.547. The van der Waals surface area contributed by atoms with Gasteiger partial charge in [-0.25, -0.2) is 4.79 Å². The molecule has 0 aliphatic heterocycles. The molecule has 106 valence electrons. The zero-order valence-electron chi connectivity index (χ0n) is 11.5. The molecule has 1 rings (SSSR count). The van der Waals surface area contributed by atoms with Crippen LogP contribution in [0.5, 0.6) is 0 Å². The second-order valence-corrected chi connectivity index (χ2v) is 6.86. The Labute approximate surface area is 122 Å². The largest absolute Gasteiger partial charge is 0.444 e. The molecule has 4 nitrogen and oxygen atoms in total. The van der Waals surface area contributed by atoms with Gasteiger partial charge in [-0.1, -0.05) is 11.6 Å². The number of hydrogen-bond donors (Lipinski definition) is 1. The van der Waals surface area contributed by atoms with E-state index in [2.05, 4.69) is 5.32 Å². The standard InChI is InChI=1S/C13H18ClNO3S/c1-8(15-12(17)18-13(2,3)4)5-10(16)9-6-11(14)19-7-9/h6-8H,5H2,1-4H3,(H,15,17). The summed E-state index contributed by atoms with van der Waals surface area (Å²) >= 11 is 7.09. The van der Waals surface area contributed by atoms with Gasteiger partial charge in [-0.15, -0.1) is 11.3 Å². The molecule has 1 N–H and O–H groups in total. The molecule has 0 saturated carbocycles. The third-order valence-electron chi connectivity index (χ3n) is 2.14. The van der Waals surface area contributed by atoms with E-state index >= 15 is 0 Å². The van der Waals surface area contributed by atoms with Crippen molar-refractivity contribution in [3.05, 3.63) is 21.3 Å². The predicted octanol–water partition coefficient (Wildman–Crippen LogP) is 3.89. The van der Waals surface area contributed by atoms with Gasteiger partial charge in [0.15, 0.2) is 5.78 Å². The molecule has 1 aromatic rings. The van der Waals surface area contributed by atoms with Crippen molar-refractivity contribution in [1.29, 1.82) is 0 Å². The molecule has 1 atom stereocenters. The van der Waals surface area contributed by atoms with Crippen molar-refractivity contribution < 1.29 is 14.3 Å². The van der Waals surface area contributed by atoms with Gasteiger partial charge in [0.05, 0.1) is 4.34 Å². The van der Waals surface area contributed by atoms with Crippen molar-refractivity contribution >= 4 is 34.8 Å². The van der Waals surface area contributed by atoms with Gasteiger partial charge in [-0.05, 0) is 33.8 Å². The van der Waals surface area contributed by atoms with Crippen molar-refractivity contribution in [2.24, 2.45) is 0 Å². The first kappa shape index (κ1) is 16.0. The van der Waals surface area contributed by atoms with Gasteiger partial charge in [-0.2, -0.15) is 0 Å². The van der Waals surface area contributed by atoms with E-state index in [1.165, 1.54) is 11.3 Å². The fraction of sp³-hybridized carbons (Fsp3) is 0.538. The summed E-state index contributed by atoms with van der Waals surface area (Å²) in [7, 11) is 0. The van der Waals surface area contributed by atoms with Gasteiger partial charge in [0.1, 0.15) is 5.60 Å². The SMILES string of the molecule is CC(CC(=O)c1csc(Cl)c1)NC(=O)OC(C)(C)C. The Bertz CT molecular complexity index is 465. The van der Waals surface area contributed by atoms with E-state index in [-0.39, 0.29) is 18.2 Å². The fourth-order valence-corrected chi connectivity index (χ4v) is 2.30. The van der Waals surface area contributed by atoms with Crippen LogP contribution in [-0.2, 0) is 4.74 Å². The number of halogens is 1. The van der Waals surface area contributed by atoms with Crippen molar-refractivity contribution in [2.45, 2.75) is 45.8 Å². The van der Waals surface area contributed by atoms with Crippen LogP contribution in [0.3, 0.4) is 0 Å². The van der Waals surface area contributed by atoms with Crippen LogP contribution in [0, 0.1) is 0 Å². The summed E-state index contributed by atoms with van der Waals surface area (Å²) in [5, 5.41) is 4.35. The lowest BCUT2D eigenvalue weighted by atomic mass is 10.1. The number of ether oxygens (including phenoxy) is 1. The van der Waals surface area contributed by atoms with Crippen LogP contribution >= 0.6 is 22.9 Å². The maximum Gasteiger partial charge on any atom is 0.407 e. The number of rotatable bonds is 4. The van der Waals surface area contributed by atoms with Crippen molar-refractivity contribution in [3.63, 3.8) is 0 Å². The molecule has 0 bridgehead atoms. The molecule has 0 aliphatic rings. The summed E-state index contributed by atoms with van der Waals surface area (Å²) in [6.45, 7) is 7.12. The zero-order valence-corrected chi connectivity index (χ0v) is 13.0. The molecule has 0 radical (unpaired) electrons. The lowest BCUT2D eigenvalue weighted by molar-refractivity contribution is 0.0506. The molecule has 0 aromatic carbocycles. The van der Waals surface area contributed by atoms with Crippen LogP contribution in [0.25, 0.3) is 0 Å². The highest BCUT2D eigenvalue weighted by Crippen LogP contribution is 2.21. The molecule has 0 spiro atoms. The van der Waals surface area contributed by atoms with Gasteiger partial charge in [0.2, 0.25) is 0 Å². The monoisotopic (exact) mass is 303 g/mol. The van der Waals surface area contributed by atoms with Crippen LogP contribution in [-0.4, -0.2) is 23.5 Å². The van der Waals surface area contributed by atoms with Crippen LogP contribution in [0.4, 0.5) is 4.79 Å². The molecular formula is C13H18ClNO3S. The maximum absolute atomic E-state index is 11.9. The van der Waals surface area contributed by atoms with E-state index in [0.29, 0.717) is 9.90 Å². The predicted molar refractivity (Wildman–Crippen MR) is 77.1 cm³/mol. The molecule has 1 unspecified atom stereocenters. The lowest BCUT2D eigenvalue weighted by Gasteiger charge is -2.21. The summed E-state index contributed by atoms with van der Waals surface area (Å²) in [4.78, 5) is 23.4. The van der Waals surface area contributed by atoms with E-state index in [1.807, 2.05) is 0 Å². The van der Waals surface area contributed by atoms with Crippen LogP contribution in [0.2, 0.25) is 4.34 Å². The molecule has 0 saturated heterocycles. The summed E-state index contributed by atoms with van der Waals surface area (Å²) in [5.74, 6) is -0.0493. The Morgan fingerprint density at radius 3 is 2.58 bits per heavy atom. The number of alkyl carbamates (subject to hydrolysis) is 1. The highest BCUT2D eigenvalue weighted by atomic mass is 35.5. The first-order valence-electron chi connectivity index (χ1n) is 5.94. The van der Waals surface area contributed by atoms with Crippen LogP contribution < -0.4 is 5.32 Å². The topological polar surface area (TPSA) is 55.4 Å². The zero-order chi connectivity index (χ0) is 14.6. The highest BCUT2D eigenvalue weighted by molar-refractivity contribution is 7.14. The molecule has 1 amide bonds. The quantitative estimate of drug-likeness (QED) is 0.859. The Morgan fingerprint density at radius 2 is 2.11 bits per heavy atom. The van der Waals surface area contributed by atoms with Crippen LogP contribution in [0.1, 0.15) is 44.5 Å². The Balaban J connectivity index is 2.45. The average molecular weight is 304 g/mol. The lowest BCUT2D eigenvalue weighted by Crippen LogP contribution is -2.38. The average Bonchev–Trinajstić information content (AvgIpc) is 2.61. The van der Waals surface area contributed by atoms with E-state index in [1.54, 1.807) is 39.1 Å². The number of Topliss-reactive ketones (excluding diaryl/α,β-unsaturated/α-hetero) is 1. The van der Waals surface area contributed by atoms with Gasteiger partial charge in [-0.3, -0.25) is 4.79 Å². The van der Waals surface area contributed by atoms with E-state index in [4.69, 9.17) is 16.3 Å². The molecular weight excluding hydrogens is 286 g/mol. The molecule has 6 heteroatoms.